The second-order valence-corrected chi connectivity index (χ2v) is 14.8. The number of rotatable bonds is 8. The minimum absolute atomic E-state index is 0.202. The molecular formula is C36H32F2N6S3. The van der Waals surface area contributed by atoms with E-state index in [4.69, 9.17) is 18.7 Å². The average Bonchev–Trinajstić information content (AvgIpc) is 3.78. The summed E-state index contributed by atoms with van der Waals surface area (Å²) < 4.78 is 40.1. The van der Waals surface area contributed by atoms with Gasteiger partial charge in [0.05, 0.1) is 23.1 Å². The molecule has 3 aromatic carbocycles. The Labute approximate surface area is 283 Å². The van der Waals surface area contributed by atoms with E-state index in [0.29, 0.717) is 33.2 Å². The molecular weight excluding hydrogens is 651 g/mol. The van der Waals surface area contributed by atoms with Crippen LogP contribution in [0.2, 0.25) is 0 Å². The van der Waals surface area contributed by atoms with Crippen molar-refractivity contribution < 1.29 is 8.78 Å². The van der Waals surface area contributed by atoms with Crippen molar-refractivity contribution in [2.24, 2.45) is 0 Å². The number of hydrogen-bond donors (Lipinski definition) is 2. The summed E-state index contributed by atoms with van der Waals surface area (Å²) in [6.07, 6.45) is 0. The van der Waals surface area contributed by atoms with Crippen LogP contribution in [0.1, 0.15) is 39.1 Å². The summed E-state index contributed by atoms with van der Waals surface area (Å²) in [7, 11) is 0. The molecule has 47 heavy (non-hydrogen) atoms. The van der Waals surface area contributed by atoms with Gasteiger partial charge in [-0.3, -0.25) is 0 Å². The number of aromatic nitrogens is 4. The van der Waals surface area contributed by atoms with E-state index in [-0.39, 0.29) is 23.7 Å². The summed E-state index contributed by atoms with van der Waals surface area (Å²) in [6.45, 7) is 12.0. The van der Waals surface area contributed by atoms with Gasteiger partial charge < -0.3 is 10.6 Å². The van der Waals surface area contributed by atoms with Crippen LogP contribution in [0.25, 0.3) is 63.8 Å². The molecule has 0 atom stereocenters. The molecule has 0 saturated heterocycles. The molecule has 0 fully saturated rings. The van der Waals surface area contributed by atoms with Crippen molar-refractivity contribution in [1.82, 2.24) is 18.7 Å². The summed E-state index contributed by atoms with van der Waals surface area (Å²) in [5, 5.41) is 6.51. The van der Waals surface area contributed by atoms with Crippen LogP contribution in [-0.4, -0.2) is 30.8 Å². The van der Waals surface area contributed by atoms with Crippen LogP contribution < -0.4 is 10.6 Å². The van der Waals surface area contributed by atoms with E-state index in [2.05, 4.69) is 10.6 Å². The summed E-state index contributed by atoms with van der Waals surface area (Å²) in [4.78, 5) is 13.5. The van der Waals surface area contributed by atoms with Crippen LogP contribution >= 0.6 is 34.4 Å². The topological polar surface area (TPSA) is 75.6 Å². The van der Waals surface area contributed by atoms with Gasteiger partial charge in [-0.25, -0.2) is 18.7 Å². The summed E-state index contributed by atoms with van der Waals surface area (Å²) in [6, 6.07) is 18.8. The molecule has 238 valence electrons. The van der Waals surface area contributed by atoms with Gasteiger partial charge in [0.2, 0.25) is 0 Å². The molecule has 0 aliphatic carbocycles. The van der Waals surface area contributed by atoms with Crippen molar-refractivity contribution in [2.75, 3.05) is 10.6 Å². The van der Waals surface area contributed by atoms with Crippen molar-refractivity contribution in [2.45, 2.75) is 53.6 Å². The monoisotopic (exact) mass is 682 g/mol. The largest absolute Gasteiger partial charge is 0.383 e. The van der Waals surface area contributed by atoms with Crippen molar-refractivity contribution in [3.05, 3.63) is 83.7 Å². The zero-order valence-corrected chi connectivity index (χ0v) is 29.1. The number of halogens is 2. The lowest BCUT2D eigenvalue weighted by Crippen LogP contribution is -2.09. The van der Waals surface area contributed by atoms with E-state index >= 15 is 8.78 Å². The maximum absolute atomic E-state index is 15.3. The molecule has 0 aliphatic heterocycles. The van der Waals surface area contributed by atoms with Gasteiger partial charge in [0, 0.05) is 65.2 Å². The predicted molar refractivity (Wildman–Crippen MR) is 195 cm³/mol. The second kappa shape index (κ2) is 12.4. The molecule has 0 bridgehead atoms. The Morgan fingerprint density at radius 3 is 1.34 bits per heavy atom. The molecule has 4 aromatic heterocycles. The highest BCUT2D eigenvalue weighted by atomic mass is 32.1. The van der Waals surface area contributed by atoms with Gasteiger partial charge in [-0.2, -0.15) is 8.75 Å². The molecule has 4 heterocycles. The van der Waals surface area contributed by atoms with E-state index < -0.39 is 0 Å². The van der Waals surface area contributed by atoms with Crippen molar-refractivity contribution in [3.8, 4) is 41.8 Å². The fourth-order valence-electron chi connectivity index (χ4n) is 5.67. The van der Waals surface area contributed by atoms with Gasteiger partial charge in [-0.1, -0.05) is 0 Å². The van der Waals surface area contributed by atoms with E-state index in [0.717, 1.165) is 65.1 Å². The van der Waals surface area contributed by atoms with E-state index in [1.165, 1.54) is 34.8 Å². The first-order valence-electron chi connectivity index (χ1n) is 15.3. The first-order valence-corrected chi connectivity index (χ1v) is 17.7. The third kappa shape index (κ3) is 5.88. The minimum atomic E-state index is -0.285. The Morgan fingerprint density at radius 2 is 0.957 bits per heavy atom. The van der Waals surface area contributed by atoms with Crippen LogP contribution in [0, 0.1) is 25.5 Å². The van der Waals surface area contributed by atoms with Crippen LogP contribution in [0.3, 0.4) is 0 Å². The molecule has 0 spiro atoms. The third-order valence-corrected chi connectivity index (χ3v) is 10.6. The lowest BCUT2D eigenvalue weighted by Gasteiger charge is -2.12. The SMILES string of the molecule is Cc1nc2c(-c3ccc(-c4ccc(NC(C)C)cc4F)s3)c3nsnc3c(-c3ccc(-c4ccc(NC(C)C)cc4F)s3)c2nc1C. The lowest BCUT2D eigenvalue weighted by atomic mass is 10.0. The number of aryl methyl sites for hydroxylation is 2. The van der Waals surface area contributed by atoms with E-state index in [1.807, 2.05) is 90.1 Å². The van der Waals surface area contributed by atoms with Crippen LogP contribution in [-0.2, 0) is 0 Å². The Morgan fingerprint density at radius 1 is 0.553 bits per heavy atom. The molecule has 7 rings (SSSR count). The molecule has 6 nitrogen and oxygen atoms in total. The zero-order valence-electron chi connectivity index (χ0n) is 26.7. The number of benzene rings is 3. The van der Waals surface area contributed by atoms with Crippen molar-refractivity contribution in [1.29, 1.82) is 0 Å². The van der Waals surface area contributed by atoms with Crippen LogP contribution in [0.4, 0.5) is 20.2 Å². The normalized spacial score (nSPS) is 11.8. The van der Waals surface area contributed by atoms with Gasteiger partial charge in [0.1, 0.15) is 33.7 Å². The Bertz CT molecular complexity index is 2130. The first-order chi connectivity index (χ1) is 22.6. The molecule has 0 radical (unpaired) electrons. The number of nitrogens with zero attached hydrogens (tertiary/aromatic N) is 4. The Hall–Kier alpha value is -4.32. The molecule has 11 heteroatoms. The quantitative estimate of drug-likeness (QED) is 0.166. The van der Waals surface area contributed by atoms with Gasteiger partial charge >= 0.3 is 0 Å². The fourth-order valence-corrected chi connectivity index (χ4v) is 8.39. The standard InChI is InChI=1S/C36H32F2N6S3/c1-17(2)39-21-7-9-23(25(37)15-21)27-11-13-29(45-27)31-33-34(42-20(6)19(5)41-33)32(36-35(31)43-47-44-36)30-14-12-28(46-30)24-10-8-22(16-26(24)38)40-18(3)4/h7-18,39-40H,1-6H3. The van der Waals surface area contributed by atoms with Gasteiger partial charge in [0.25, 0.3) is 0 Å². The number of nitrogens with one attached hydrogen (secondary N) is 2. The number of anilines is 2. The molecule has 0 unspecified atom stereocenters. The maximum Gasteiger partial charge on any atom is 0.133 e. The molecule has 0 saturated carbocycles. The highest BCUT2D eigenvalue weighted by Gasteiger charge is 2.25. The van der Waals surface area contributed by atoms with Gasteiger partial charge in [-0.15, -0.1) is 22.7 Å². The van der Waals surface area contributed by atoms with Gasteiger partial charge in [-0.05, 0) is 102 Å². The maximum atomic E-state index is 15.3. The molecule has 0 amide bonds. The van der Waals surface area contributed by atoms with Crippen LogP contribution in [0.15, 0.2) is 60.7 Å². The van der Waals surface area contributed by atoms with Gasteiger partial charge in [0.15, 0.2) is 0 Å². The molecule has 2 N–H and O–H groups in total. The number of fused-ring (bicyclic) bond motifs is 2. The van der Waals surface area contributed by atoms with Crippen molar-refractivity contribution >= 4 is 67.8 Å². The minimum Gasteiger partial charge on any atom is -0.383 e. The number of hydrogen-bond acceptors (Lipinski definition) is 9. The summed E-state index contributed by atoms with van der Waals surface area (Å²) in [5.74, 6) is -0.571. The highest BCUT2D eigenvalue weighted by molar-refractivity contribution is 7.19. The smallest absolute Gasteiger partial charge is 0.133 e. The van der Waals surface area contributed by atoms with Crippen LogP contribution in [0.5, 0.6) is 0 Å². The Kier molecular flexibility index (Phi) is 8.23. The fraction of sp³-hybridized carbons (Fsp3) is 0.222. The summed E-state index contributed by atoms with van der Waals surface area (Å²) in [5.41, 5.74) is 8.69. The second-order valence-electron chi connectivity index (χ2n) is 12.1. The molecule has 0 aliphatic rings. The average molecular weight is 683 g/mol. The highest BCUT2D eigenvalue weighted by Crippen LogP contribution is 2.47. The first kappa shape index (κ1) is 31.3. The lowest BCUT2D eigenvalue weighted by molar-refractivity contribution is 0.631. The summed E-state index contributed by atoms with van der Waals surface area (Å²) >= 11 is 4.11. The third-order valence-electron chi connectivity index (χ3n) is 7.83. The zero-order chi connectivity index (χ0) is 33.0. The van der Waals surface area contributed by atoms with E-state index in [9.17, 15) is 0 Å². The van der Waals surface area contributed by atoms with E-state index in [1.54, 1.807) is 0 Å². The van der Waals surface area contributed by atoms with Crippen molar-refractivity contribution in [3.63, 3.8) is 0 Å². The number of thiophene rings is 2. The molecule has 7 aromatic rings. The predicted octanol–water partition coefficient (Wildman–Crippen LogP) is 11.0. The Balaban J connectivity index is 1.36.